The molecule has 3 nitrogen and oxygen atoms in total. The molecule has 1 aromatic rings. The van der Waals surface area contributed by atoms with Crippen molar-refractivity contribution in [3.63, 3.8) is 0 Å². The van der Waals surface area contributed by atoms with E-state index in [0.717, 1.165) is 26.1 Å². The average Bonchev–Trinajstić information content (AvgIpc) is 2.45. The number of piperidine rings is 1. The quantitative estimate of drug-likeness (QED) is 0.891. The maximum Gasteiger partial charge on any atom is 0.303 e. The predicted molar refractivity (Wildman–Crippen MR) is 90.0 cm³/mol. The van der Waals surface area contributed by atoms with Crippen LogP contribution in [0.4, 0.5) is 0 Å². The van der Waals surface area contributed by atoms with E-state index >= 15 is 0 Å². The van der Waals surface area contributed by atoms with Crippen molar-refractivity contribution in [1.82, 2.24) is 4.90 Å². The first-order valence-corrected chi connectivity index (χ1v) is 8.38. The molecule has 0 aromatic heterocycles. The molecule has 0 bridgehead atoms. The first kappa shape index (κ1) is 17.0. The van der Waals surface area contributed by atoms with E-state index in [1.165, 1.54) is 24.0 Å². The first-order valence-electron chi connectivity index (χ1n) is 8.38. The van der Waals surface area contributed by atoms with Gasteiger partial charge in [0.25, 0.3) is 0 Å². The lowest BCUT2D eigenvalue weighted by molar-refractivity contribution is -0.137. The molecule has 0 saturated carbocycles. The minimum Gasteiger partial charge on any atom is -0.481 e. The summed E-state index contributed by atoms with van der Waals surface area (Å²) in [6, 6.07) is 8.95. The van der Waals surface area contributed by atoms with E-state index in [-0.39, 0.29) is 5.41 Å². The summed E-state index contributed by atoms with van der Waals surface area (Å²) in [7, 11) is 0. The summed E-state index contributed by atoms with van der Waals surface area (Å²) in [4.78, 5) is 13.2. The van der Waals surface area contributed by atoms with Crippen molar-refractivity contribution < 1.29 is 9.90 Å². The molecule has 1 aliphatic heterocycles. The van der Waals surface area contributed by atoms with Crippen molar-refractivity contribution in [3.05, 3.63) is 35.4 Å². The van der Waals surface area contributed by atoms with Crippen LogP contribution in [0.15, 0.2) is 24.3 Å². The van der Waals surface area contributed by atoms with Crippen molar-refractivity contribution in [3.8, 4) is 0 Å². The number of hydrogen-bond donors (Lipinski definition) is 1. The minimum absolute atomic E-state index is 0.200. The molecule has 1 unspecified atom stereocenters. The van der Waals surface area contributed by atoms with E-state index in [4.69, 9.17) is 5.11 Å². The number of carbonyl (C=O) groups is 1. The van der Waals surface area contributed by atoms with Crippen molar-refractivity contribution in [2.75, 3.05) is 13.1 Å². The first-order chi connectivity index (χ1) is 10.3. The fourth-order valence-electron chi connectivity index (χ4n) is 3.23. The standard InChI is InChI=1S/C19H29NO2/c1-19(2,3)17-9-6-16(7-10-17)14-20-12-4-5-15(13-20)8-11-18(21)22/h6-7,9-10,15H,4-5,8,11-14H2,1-3H3,(H,21,22). The highest BCUT2D eigenvalue weighted by Gasteiger charge is 2.21. The Balaban J connectivity index is 1.88. The van der Waals surface area contributed by atoms with Crippen molar-refractivity contribution >= 4 is 5.97 Å². The number of benzene rings is 1. The van der Waals surface area contributed by atoms with E-state index in [1.54, 1.807) is 0 Å². The summed E-state index contributed by atoms with van der Waals surface area (Å²) in [6.07, 6.45) is 3.48. The van der Waals surface area contributed by atoms with Crippen LogP contribution in [0.1, 0.15) is 57.6 Å². The van der Waals surface area contributed by atoms with Gasteiger partial charge in [-0.25, -0.2) is 0 Å². The smallest absolute Gasteiger partial charge is 0.303 e. The van der Waals surface area contributed by atoms with Crippen LogP contribution in [0.3, 0.4) is 0 Å². The van der Waals surface area contributed by atoms with Crippen LogP contribution >= 0.6 is 0 Å². The predicted octanol–water partition coefficient (Wildman–Crippen LogP) is 4.06. The van der Waals surface area contributed by atoms with Gasteiger partial charge in [0.05, 0.1) is 0 Å². The Morgan fingerprint density at radius 1 is 1.27 bits per heavy atom. The molecule has 3 heteroatoms. The molecule has 0 radical (unpaired) electrons. The summed E-state index contributed by atoms with van der Waals surface area (Å²) in [5.41, 5.74) is 2.92. The van der Waals surface area contributed by atoms with Crippen molar-refractivity contribution in [2.45, 2.75) is 58.4 Å². The topological polar surface area (TPSA) is 40.5 Å². The van der Waals surface area contributed by atoms with Gasteiger partial charge >= 0.3 is 5.97 Å². The zero-order valence-electron chi connectivity index (χ0n) is 14.1. The molecular weight excluding hydrogens is 274 g/mol. The van der Waals surface area contributed by atoms with E-state index in [2.05, 4.69) is 49.9 Å². The molecule has 22 heavy (non-hydrogen) atoms. The Hall–Kier alpha value is -1.35. The molecule has 1 aromatic carbocycles. The number of hydrogen-bond acceptors (Lipinski definition) is 2. The molecule has 122 valence electrons. The molecule has 0 amide bonds. The maximum atomic E-state index is 10.7. The third-order valence-corrected chi connectivity index (χ3v) is 4.60. The molecule has 2 rings (SSSR count). The Labute approximate surface area is 134 Å². The molecule has 1 fully saturated rings. The van der Waals surface area contributed by atoms with E-state index in [0.29, 0.717) is 12.3 Å². The molecule has 1 aliphatic rings. The van der Waals surface area contributed by atoms with Gasteiger partial charge in [-0.15, -0.1) is 0 Å². The lowest BCUT2D eigenvalue weighted by Gasteiger charge is -2.32. The molecular formula is C19H29NO2. The molecule has 1 atom stereocenters. The molecule has 1 heterocycles. The largest absolute Gasteiger partial charge is 0.481 e. The van der Waals surface area contributed by atoms with E-state index in [9.17, 15) is 4.79 Å². The van der Waals surface area contributed by atoms with Crippen LogP contribution in [-0.4, -0.2) is 29.1 Å². The van der Waals surface area contributed by atoms with Crippen LogP contribution in [0.2, 0.25) is 0 Å². The Morgan fingerprint density at radius 3 is 2.55 bits per heavy atom. The summed E-state index contributed by atoms with van der Waals surface area (Å²) in [5, 5.41) is 8.82. The number of nitrogens with zero attached hydrogens (tertiary/aromatic N) is 1. The molecule has 0 aliphatic carbocycles. The SMILES string of the molecule is CC(C)(C)c1ccc(CN2CCCC(CCC(=O)O)C2)cc1. The van der Waals surface area contributed by atoms with E-state index in [1.807, 2.05) is 0 Å². The summed E-state index contributed by atoms with van der Waals surface area (Å²) >= 11 is 0. The third-order valence-electron chi connectivity index (χ3n) is 4.60. The lowest BCUT2D eigenvalue weighted by atomic mass is 9.86. The summed E-state index contributed by atoms with van der Waals surface area (Å²) in [6.45, 7) is 9.85. The second kappa shape index (κ2) is 7.28. The third kappa shape index (κ3) is 5.13. The highest BCUT2D eigenvalue weighted by molar-refractivity contribution is 5.66. The van der Waals surface area contributed by atoms with Gasteiger partial charge in [-0.05, 0) is 48.3 Å². The number of aliphatic carboxylic acids is 1. The number of carboxylic acids is 1. The number of likely N-dealkylation sites (tertiary alicyclic amines) is 1. The Morgan fingerprint density at radius 2 is 1.95 bits per heavy atom. The Bertz CT molecular complexity index is 487. The van der Waals surface area contributed by atoms with Gasteiger partial charge in [-0.1, -0.05) is 45.0 Å². The highest BCUT2D eigenvalue weighted by atomic mass is 16.4. The van der Waals surface area contributed by atoms with Crippen LogP contribution in [-0.2, 0) is 16.8 Å². The minimum atomic E-state index is -0.671. The number of carboxylic acid groups (broad SMARTS) is 1. The van der Waals surface area contributed by atoms with Gasteiger partial charge in [-0.3, -0.25) is 9.69 Å². The molecule has 1 saturated heterocycles. The second-order valence-electron chi connectivity index (χ2n) is 7.62. The number of rotatable bonds is 5. The lowest BCUT2D eigenvalue weighted by Crippen LogP contribution is -2.35. The Kier molecular flexibility index (Phi) is 5.63. The van der Waals surface area contributed by atoms with Gasteiger partial charge < -0.3 is 5.11 Å². The van der Waals surface area contributed by atoms with Crippen LogP contribution in [0.5, 0.6) is 0 Å². The van der Waals surface area contributed by atoms with Gasteiger partial charge in [0.1, 0.15) is 0 Å². The van der Waals surface area contributed by atoms with Crippen LogP contribution < -0.4 is 0 Å². The fourth-order valence-corrected chi connectivity index (χ4v) is 3.23. The van der Waals surface area contributed by atoms with Crippen molar-refractivity contribution in [2.24, 2.45) is 5.92 Å². The summed E-state index contributed by atoms with van der Waals surface area (Å²) < 4.78 is 0. The zero-order chi connectivity index (χ0) is 16.2. The highest BCUT2D eigenvalue weighted by Crippen LogP contribution is 2.25. The zero-order valence-corrected chi connectivity index (χ0v) is 14.1. The molecule has 0 spiro atoms. The monoisotopic (exact) mass is 303 g/mol. The van der Waals surface area contributed by atoms with Gasteiger partial charge in [0, 0.05) is 19.5 Å². The normalized spacial score (nSPS) is 20.0. The summed E-state index contributed by atoms with van der Waals surface area (Å²) in [5.74, 6) is -0.131. The van der Waals surface area contributed by atoms with Gasteiger partial charge in [-0.2, -0.15) is 0 Å². The van der Waals surface area contributed by atoms with Gasteiger partial charge in [0.15, 0.2) is 0 Å². The average molecular weight is 303 g/mol. The molecule has 1 N–H and O–H groups in total. The van der Waals surface area contributed by atoms with Crippen LogP contribution in [0.25, 0.3) is 0 Å². The van der Waals surface area contributed by atoms with Gasteiger partial charge in [0.2, 0.25) is 0 Å². The second-order valence-corrected chi connectivity index (χ2v) is 7.62. The van der Waals surface area contributed by atoms with Crippen LogP contribution in [0, 0.1) is 5.92 Å². The fraction of sp³-hybridized carbons (Fsp3) is 0.632. The van der Waals surface area contributed by atoms with Crippen molar-refractivity contribution in [1.29, 1.82) is 0 Å². The van der Waals surface area contributed by atoms with E-state index < -0.39 is 5.97 Å². The maximum absolute atomic E-state index is 10.7.